The van der Waals surface area contributed by atoms with Gasteiger partial charge in [0, 0.05) is 22.8 Å². The van der Waals surface area contributed by atoms with Gasteiger partial charge in [-0.2, -0.15) is 0 Å². The summed E-state index contributed by atoms with van der Waals surface area (Å²) in [5.74, 6) is 0.850. The summed E-state index contributed by atoms with van der Waals surface area (Å²) in [7, 11) is 2.18. The van der Waals surface area contributed by atoms with Crippen molar-refractivity contribution in [3.63, 3.8) is 0 Å². The van der Waals surface area contributed by atoms with Crippen molar-refractivity contribution in [2.24, 2.45) is 5.92 Å². The maximum Gasteiger partial charge on any atom is 0.241 e. The number of thiophene rings is 1. The van der Waals surface area contributed by atoms with Crippen molar-refractivity contribution < 1.29 is 4.79 Å². The van der Waals surface area contributed by atoms with Crippen LogP contribution in [0.25, 0.3) is 0 Å². The number of carbonyl (C=O) groups is 1. The van der Waals surface area contributed by atoms with Gasteiger partial charge in [0.15, 0.2) is 0 Å². The van der Waals surface area contributed by atoms with Crippen LogP contribution in [-0.4, -0.2) is 48.4 Å². The fourth-order valence-electron chi connectivity index (χ4n) is 3.51. The van der Waals surface area contributed by atoms with Gasteiger partial charge in [-0.3, -0.25) is 10.1 Å². The van der Waals surface area contributed by atoms with Crippen LogP contribution in [0.1, 0.15) is 35.7 Å². The smallest absolute Gasteiger partial charge is 0.241 e. The summed E-state index contributed by atoms with van der Waals surface area (Å²) in [5, 5.41) is 3.46. The first kappa shape index (κ1) is 15.0. The van der Waals surface area contributed by atoms with E-state index in [2.05, 4.69) is 41.2 Å². The maximum absolute atomic E-state index is 12.5. The Morgan fingerprint density at radius 2 is 2.24 bits per heavy atom. The van der Waals surface area contributed by atoms with Gasteiger partial charge in [-0.05, 0) is 58.3 Å². The van der Waals surface area contributed by atoms with E-state index in [9.17, 15) is 4.79 Å². The summed E-state index contributed by atoms with van der Waals surface area (Å²) in [6, 6.07) is 4.23. The molecule has 1 amide bonds. The van der Waals surface area contributed by atoms with E-state index >= 15 is 0 Å². The lowest BCUT2D eigenvalue weighted by Gasteiger charge is -2.34. The zero-order valence-corrected chi connectivity index (χ0v) is 13.9. The highest BCUT2D eigenvalue weighted by atomic mass is 32.1. The average Bonchev–Trinajstić information content (AvgIpc) is 2.98. The first-order valence-electron chi connectivity index (χ1n) is 7.86. The number of hydrogen-bond donors (Lipinski definition) is 1. The molecule has 1 aromatic heterocycles. The summed E-state index contributed by atoms with van der Waals surface area (Å²) in [6.07, 6.45) is 2.55. The lowest BCUT2D eigenvalue weighted by Crippen LogP contribution is -2.41. The molecule has 2 saturated heterocycles. The zero-order valence-electron chi connectivity index (χ0n) is 13.1. The van der Waals surface area contributed by atoms with E-state index in [1.54, 1.807) is 11.3 Å². The van der Waals surface area contributed by atoms with Gasteiger partial charge in [0.1, 0.15) is 6.17 Å². The van der Waals surface area contributed by atoms with E-state index < -0.39 is 0 Å². The molecular weight excluding hydrogens is 282 g/mol. The number of carbonyl (C=O) groups excluding carboxylic acids is 1. The Morgan fingerprint density at radius 3 is 2.90 bits per heavy atom. The molecule has 5 heteroatoms. The quantitative estimate of drug-likeness (QED) is 0.930. The monoisotopic (exact) mass is 307 g/mol. The van der Waals surface area contributed by atoms with Crippen molar-refractivity contribution in [2.75, 3.05) is 26.7 Å². The van der Waals surface area contributed by atoms with Gasteiger partial charge in [-0.1, -0.05) is 0 Å². The Morgan fingerprint density at radius 1 is 1.43 bits per heavy atom. The molecule has 3 heterocycles. The molecule has 2 aliphatic heterocycles. The van der Waals surface area contributed by atoms with Crippen LogP contribution in [0.5, 0.6) is 0 Å². The molecule has 3 atom stereocenters. The van der Waals surface area contributed by atoms with Crippen molar-refractivity contribution in [1.29, 1.82) is 0 Å². The molecule has 21 heavy (non-hydrogen) atoms. The number of hydrogen-bond acceptors (Lipinski definition) is 4. The zero-order chi connectivity index (χ0) is 15.0. The fraction of sp³-hybridized carbons (Fsp3) is 0.688. The van der Waals surface area contributed by atoms with Crippen LogP contribution >= 0.6 is 11.3 Å². The van der Waals surface area contributed by atoms with Crippen LogP contribution in [0.3, 0.4) is 0 Å². The Balaban J connectivity index is 1.75. The van der Waals surface area contributed by atoms with E-state index in [1.165, 1.54) is 29.1 Å². The lowest BCUT2D eigenvalue weighted by atomic mass is 9.97. The van der Waals surface area contributed by atoms with Crippen LogP contribution in [0.2, 0.25) is 0 Å². The first-order chi connectivity index (χ1) is 10.0. The molecule has 0 bridgehead atoms. The Kier molecular flexibility index (Phi) is 4.33. The lowest BCUT2D eigenvalue weighted by molar-refractivity contribution is -0.130. The fourth-order valence-corrected chi connectivity index (χ4v) is 4.46. The molecule has 1 N–H and O–H groups in total. The van der Waals surface area contributed by atoms with E-state index in [0.717, 1.165) is 13.1 Å². The number of nitrogens with zero attached hydrogens (tertiary/aromatic N) is 2. The predicted octanol–water partition coefficient (Wildman–Crippen LogP) is 2.22. The maximum atomic E-state index is 12.5. The topological polar surface area (TPSA) is 35.6 Å². The molecule has 116 valence electrons. The molecule has 3 unspecified atom stereocenters. The molecule has 2 fully saturated rings. The highest BCUT2D eigenvalue weighted by Gasteiger charge is 2.39. The van der Waals surface area contributed by atoms with E-state index in [0.29, 0.717) is 5.92 Å². The van der Waals surface area contributed by atoms with Gasteiger partial charge in [0.25, 0.3) is 0 Å². The molecule has 0 radical (unpaired) electrons. The number of likely N-dealkylation sites (tertiary alicyclic amines) is 1. The summed E-state index contributed by atoms with van der Waals surface area (Å²) in [5.41, 5.74) is 0. The number of aryl methyl sites for hydroxylation is 1. The number of nitrogens with one attached hydrogen (secondary N) is 1. The largest absolute Gasteiger partial charge is 0.320 e. The van der Waals surface area contributed by atoms with Crippen LogP contribution in [0.4, 0.5) is 0 Å². The third-order valence-corrected chi connectivity index (χ3v) is 5.63. The van der Waals surface area contributed by atoms with Gasteiger partial charge in [0.05, 0.1) is 6.04 Å². The molecule has 0 aromatic carbocycles. The Bertz CT molecular complexity index is 515. The molecule has 1 aromatic rings. The van der Waals surface area contributed by atoms with Crippen molar-refractivity contribution in [3.8, 4) is 0 Å². The molecular formula is C16H25N3OS. The average molecular weight is 307 g/mol. The van der Waals surface area contributed by atoms with E-state index in [4.69, 9.17) is 0 Å². The van der Waals surface area contributed by atoms with Gasteiger partial charge in [-0.25, -0.2) is 0 Å². The predicted molar refractivity (Wildman–Crippen MR) is 86.3 cm³/mol. The van der Waals surface area contributed by atoms with Crippen LogP contribution in [0.15, 0.2) is 12.1 Å². The highest BCUT2D eigenvalue weighted by molar-refractivity contribution is 7.12. The molecule has 4 nitrogen and oxygen atoms in total. The molecule has 0 saturated carbocycles. The third-order valence-electron chi connectivity index (χ3n) is 4.58. The van der Waals surface area contributed by atoms with Crippen molar-refractivity contribution in [3.05, 3.63) is 21.9 Å². The minimum absolute atomic E-state index is 0.0680. The van der Waals surface area contributed by atoms with Gasteiger partial charge in [0.2, 0.25) is 5.91 Å². The van der Waals surface area contributed by atoms with Crippen molar-refractivity contribution >= 4 is 17.2 Å². The van der Waals surface area contributed by atoms with Crippen LogP contribution in [0, 0.1) is 12.8 Å². The summed E-state index contributed by atoms with van der Waals surface area (Å²) in [4.78, 5) is 19.5. The Labute approximate surface area is 131 Å². The van der Waals surface area contributed by atoms with Crippen molar-refractivity contribution in [2.45, 2.75) is 38.9 Å². The summed E-state index contributed by atoms with van der Waals surface area (Å²) >= 11 is 1.79. The molecule has 3 rings (SSSR count). The minimum atomic E-state index is -0.0706. The van der Waals surface area contributed by atoms with Gasteiger partial charge >= 0.3 is 0 Å². The number of piperidine rings is 1. The van der Waals surface area contributed by atoms with Crippen LogP contribution < -0.4 is 5.32 Å². The summed E-state index contributed by atoms with van der Waals surface area (Å²) in [6.45, 7) is 7.26. The standard InChI is InChI=1S/C16H25N3OS/c1-11-6-7-14(21-11)15-17-12(2)16(20)19(15)10-13-5-4-8-18(3)9-13/h6-7,12-13,15,17H,4-5,8-10H2,1-3H3. The van der Waals surface area contributed by atoms with Gasteiger partial charge < -0.3 is 9.80 Å². The van der Waals surface area contributed by atoms with Gasteiger partial charge in [-0.15, -0.1) is 11.3 Å². The SMILES string of the molecule is Cc1ccc(C2NC(C)C(=O)N2CC2CCCN(C)C2)s1. The number of amides is 1. The molecule has 0 spiro atoms. The van der Waals surface area contributed by atoms with Crippen LogP contribution in [-0.2, 0) is 4.79 Å². The van der Waals surface area contributed by atoms with E-state index in [1.807, 2.05) is 6.92 Å². The third kappa shape index (κ3) is 3.15. The van der Waals surface area contributed by atoms with Crippen molar-refractivity contribution in [1.82, 2.24) is 15.1 Å². The minimum Gasteiger partial charge on any atom is -0.320 e. The second-order valence-corrected chi connectivity index (χ2v) is 7.82. The Hall–Kier alpha value is -0.910. The normalized spacial score (nSPS) is 31.1. The summed E-state index contributed by atoms with van der Waals surface area (Å²) < 4.78 is 0. The van der Waals surface area contributed by atoms with E-state index in [-0.39, 0.29) is 18.1 Å². The highest BCUT2D eigenvalue weighted by Crippen LogP contribution is 2.32. The molecule has 2 aliphatic rings. The second-order valence-electron chi connectivity index (χ2n) is 6.50. The second kappa shape index (κ2) is 6.07. The number of rotatable bonds is 3. The first-order valence-corrected chi connectivity index (χ1v) is 8.67. The molecule has 0 aliphatic carbocycles.